The van der Waals surface area contributed by atoms with Crippen LogP contribution in [0.1, 0.15) is 6.85 Å². The summed E-state index contributed by atoms with van der Waals surface area (Å²) in [6.45, 7) is 0. The zero-order chi connectivity index (χ0) is 41.8. The second-order valence-electron chi connectivity index (χ2n) is 14.0. The maximum atomic E-state index is 8.98. The number of aromatic nitrogens is 4. The molecule has 0 amide bonds. The van der Waals surface area contributed by atoms with E-state index >= 15 is 0 Å². The average Bonchev–Trinajstić information content (AvgIpc) is 3.98. The molecule has 0 spiro atoms. The van der Waals surface area contributed by atoms with Gasteiger partial charge in [-0.05, 0) is 64.7 Å². The number of furan rings is 2. The van der Waals surface area contributed by atoms with E-state index in [4.69, 9.17) is 30.6 Å². The predicted octanol–water partition coefficient (Wildman–Crippen LogP) is 13.4. The van der Waals surface area contributed by atoms with Crippen molar-refractivity contribution in [1.82, 2.24) is 19.5 Å². The summed E-state index contributed by atoms with van der Waals surface area (Å²) in [7, 11) is 0. The maximum absolute atomic E-state index is 8.98. The Kier molecular flexibility index (Phi) is 5.82. The lowest BCUT2D eigenvalue weighted by atomic mass is 9.99. The Hall–Kier alpha value is -7.83. The molecule has 0 aliphatic carbocycles. The number of rotatable bonds is 5. The van der Waals surface area contributed by atoms with E-state index in [9.17, 15) is 0 Å². The fourth-order valence-corrected chi connectivity index (χ4v) is 8.15. The molecular weight excluding hydrogens is 701 g/mol. The van der Waals surface area contributed by atoms with Crippen molar-refractivity contribution >= 4 is 65.7 Å². The first-order valence-electron chi connectivity index (χ1n) is 21.1. The van der Waals surface area contributed by atoms with E-state index in [1.54, 1.807) is 0 Å². The lowest BCUT2D eigenvalue weighted by molar-refractivity contribution is 0.669. The van der Waals surface area contributed by atoms with Crippen LogP contribution in [0.25, 0.3) is 117 Å². The summed E-state index contributed by atoms with van der Waals surface area (Å²) in [5.41, 5.74) is 8.99. The van der Waals surface area contributed by atoms with Crippen LogP contribution in [0, 0.1) is 0 Å². The van der Waals surface area contributed by atoms with Crippen molar-refractivity contribution in [3.63, 3.8) is 0 Å². The second kappa shape index (κ2) is 12.3. The molecule has 57 heavy (non-hydrogen) atoms. The van der Waals surface area contributed by atoms with Crippen LogP contribution in [0.4, 0.5) is 0 Å². The lowest BCUT2D eigenvalue weighted by Gasteiger charge is -2.11. The van der Waals surface area contributed by atoms with Crippen molar-refractivity contribution < 1.29 is 15.7 Å². The van der Waals surface area contributed by atoms with Crippen LogP contribution < -0.4 is 0 Å². The Balaban J connectivity index is 1.16. The molecule has 0 saturated heterocycles. The molecule has 0 aliphatic heterocycles. The summed E-state index contributed by atoms with van der Waals surface area (Å²) >= 11 is 0. The fraction of sp³-hybridized carbons (Fsp3) is 0. The van der Waals surface area contributed by atoms with Crippen LogP contribution in [-0.4, -0.2) is 19.5 Å². The van der Waals surface area contributed by atoms with Crippen LogP contribution >= 0.6 is 0 Å². The van der Waals surface area contributed by atoms with Gasteiger partial charge < -0.3 is 8.83 Å². The fourth-order valence-electron chi connectivity index (χ4n) is 8.15. The highest BCUT2D eigenvalue weighted by Crippen LogP contribution is 2.41. The molecule has 12 rings (SSSR count). The summed E-state index contributed by atoms with van der Waals surface area (Å²) in [4.78, 5) is 15.1. The van der Waals surface area contributed by atoms with Gasteiger partial charge in [-0.2, -0.15) is 9.97 Å². The minimum atomic E-state index is -0.504. The zero-order valence-electron chi connectivity index (χ0n) is 35.0. The van der Waals surface area contributed by atoms with Gasteiger partial charge in [0.15, 0.2) is 11.6 Å². The van der Waals surface area contributed by atoms with E-state index in [0.717, 1.165) is 82.4 Å². The van der Waals surface area contributed by atoms with Crippen LogP contribution in [0.15, 0.2) is 191 Å². The van der Waals surface area contributed by atoms with Gasteiger partial charge in [0.2, 0.25) is 5.95 Å². The van der Waals surface area contributed by atoms with Crippen LogP contribution in [-0.2, 0) is 0 Å². The summed E-state index contributed by atoms with van der Waals surface area (Å²) in [6.07, 6.45) is 0. The molecule has 0 saturated carbocycles. The predicted molar refractivity (Wildman–Crippen MR) is 230 cm³/mol. The SMILES string of the molecule is [2H]c1c([2H])c([2H])c(-c2nc(-c3ccc4c(c3)oc3cccc(-c5ccccc5)c34)nc(-n3c4cc(-c5ccccc5)ccc4c4cc5oc6ccccc6c5cc43)n2)c([2H])c1[2H]. The van der Waals surface area contributed by atoms with E-state index < -0.39 is 30.2 Å². The van der Waals surface area contributed by atoms with Crippen molar-refractivity contribution in [3.05, 3.63) is 182 Å². The minimum absolute atomic E-state index is 0.0675. The van der Waals surface area contributed by atoms with Crippen molar-refractivity contribution in [2.24, 2.45) is 0 Å². The number of hydrogen-bond acceptors (Lipinski definition) is 5. The molecule has 8 aromatic carbocycles. The summed E-state index contributed by atoms with van der Waals surface area (Å²) in [5.74, 6) is 0.360. The van der Waals surface area contributed by atoms with Gasteiger partial charge >= 0.3 is 0 Å². The van der Waals surface area contributed by atoms with Gasteiger partial charge in [-0.15, -0.1) is 0 Å². The Morgan fingerprint density at radius 1 is 0.404 bits per heavy atom. The van der Waals surface area contributed by atoms with E-state index in [-0.39, 0.29) is 23.2 Å². The molecular formula is C51H30N4O2. The number of hydrogen-bond donors (Lipinski definition) is 0. The molecule has 4 heterocycles. The molecule has 6 heteroatoms. The Morgan fingerprint density at radius 3 is 1.91 bits per heavy atom. The molecule has 12 aromatic rings. The summed E-state index contributed by atoms with van der Waals surface area (Å²) in [6, 6.07) is 48.1. The molecule has 266 valence electrons. The number of benzene rings is 8. The first-order valence-corrected chi connectivity index (χ1v) is 18.6. The first kappa shape index (κ1) is 26.9. The van der Waals surface area contributed by atoms with Crippen LogP contribution in [0.5, 0.6) is 0 Å². The summed E-state index contributed by atoms with van der Waals surface area (Å²) < 4.78 is 58.3. The number of fused-ring (bicyclic) bond motifs is 9. The number of para-hydroxylation sites is 1. The molecule has 0 bridgehead atoms. The van der Waals surface area contributed by atoms with E-state index in [1.165, 1.54) is 0 Å². The molecule has 0 N–H and O–H groups in total. The normalized spacial score (nSPS) is 13.1. The Morgan fingerprint density at radius 2 is 1.07 bits per heavy atom. The van der Waals surface area contributed by atoms with Gasteiger partial charge in [-0.1, -0.05) is 139 Å². The molecule has 0 atom stereocenters. The van der Waals surface area contributed by atoms with Gasteiger partial charge in [0.25, 0.3) is 0 Å². The Labute approximate surface area is 332 Å². The maximum Gasteiger partial charge on any atom is 0.238 e. The quantitative estimate of drug-likeness (QED) is 0.176. The zero-order valence-corrected chi connectivity index (χ0v) is 30.0. The van der Waals surface area contributed by atoms with Crippen molar-refractivity contribution in [1.29, 1.82) is 0 Å². The van der Waals surface area contributed by atoms with Crippen LogP contribution in [0.3, 0.4) is 0 Å². The molecule has 4 aromatic heterocycles. The average molecular weight is 736 g/mol. The third kappa shape index (κ3) is 5.01. The van der Waals surface area contributed by atoms with E-state index in [0.29, 0.717) is 11.1 Å². The van der Waals surface area contributed by atoms with E-state index in [1.807, 2.05) is 102 Å². The van der Waals surface area contributed by atoms with Gasteiger partial charge in [0.05, 0.1) is 17.9 Å². The topological polar surface area (TPSA) is 69.9 Å². The molecule has 0 unspecified atom stereocenters. The third-order valence-electron chi connectivity index (χ3n) is 10.8. The Bertz CT molecular complexity index is 3790. The highest BCUT2D eigenvalue weighted by Gasteiger charge is 2.22. The molecule has 0 fully saturated rings. The first-order chi connectivity index (χ1) is 30.3. The minimum Gasteiger partial charge on any atom is -0.456 e. The third-order valence-corrected chi connectivity index (χ3v) is 10.8. The van der Waals surface area contributed by atoms with Gasteiger partial charge in [-0.25, -0.2) is 4.98 Å². The van der Waals surface area contributed by atoms with Crippen molar-refractivity contribution in [3.8, 4) is 51.0 Å². The number of nitrogens with zero attached hydrogens (tertiary/aromatic N) is 4. The molecule has 0 radical (unpaired) electrons. The molecule has 0 aliphatic rings. The standard InChI is InChI=1S/C51H30N4O2/c1-4-13-31(14-5-1)34-23-25-37-40-30-47-41(38-19-10-11-21-44(38)56-47)29-43(40)55(42(37)27-34)51-53-49(33-17-8-3-9-18-33)52-50(54-51)35-24-26-39-46(28-35)57-45-22-12-20-36(48(39)45)32-15-6-2-7-16-32/h1-30H/i3D,8D,9D,17D,18D. The van der Waals surface area contributed by atoms with Gasteiger partial charge in [0, 0.05) is 43.4 Å². The monoisotopic (exact) mass is 735 g/mol. The van der Waals surface area contributed by atoms with Crippen molar-refractivity contribution in [2.45, 2.75) is 0 Å². The second-order valence-corrected chi connectivity index (χ2v) is 14.0. The van der Waals surface area contributed by atoms with Gasteiger partial charge in [-0.3, -0.25) is 4.57 Å². The van der Waals surface area contributed by atoms with E-state index in [2.05, 4.69) is 54.6 Å². The lowest BCUT2D eigenvalue weighted by Crippen LogP contribution is -2.06. The highest BCUT2D eigenvalue weighted by atomic mass is 16.3. The summed E-state index contributed by atoms with van der Waals surface area (Å²) in [5, 5.41) is 5.58. The largest absolute Gasteiger partial charge is 0.456 e. The van der Waals surface area contributed by atoms with Crippen molar-refractivity contribution in [2.75, 3.05) is 0 Å². The molecule has 6 nitrogen and oxygen atoms in total. The van der Waals surface area contributed by atoms with Crippen LogP contribution in [0.2, 0.25) is 0 Å². The highest BCUT2D eigenvalue weighted by molar-refractivity contribution is 6.17. The smallest absolute Gasteiger partial charge is 0.238 e. The van der Waals surface area contributed by atoms with Gasteiger partial charge in [0.1, 0.15) is 22.3 Å².